The smallest absolute Gasteiger partial charge is 0.241 e. The summed E-state index contributed by atoms with van der Waals surface area (Å²) >= 11 is 0. The van der Waals surface area contributed by atoms with Crippen molar-refractivity contribution < 1.29 is 14.3 Å². The van der Waals surface area contributed by atoms with E-state index in [1.165, 1.54) is 0 Å². The lowest BCUT2D eigenvalue weighted by atomic mass is 10.3. The molecule has 22 heavy (non-hydrogen) atoms. The molecule has 0 unspecified atom stereocenters. The van der Waals surface area contributed by atoms with Gasteiger partial charge in [0.15, 0.2) is 5.96 Å². The topological polar surface area (TPSA) is 86.3 Å². The molecule has 0 aromatic carbocycles. The summed E-state index contributed by atoms with van der Waals surface area (Å²) in [4.78, 5) is 31.3. The second-order valence-electron chi connectivity index (χ2n) is 5.01. The molecule has 0 spiro atoms. The van der Waals surface area contributed by atoms with Crippen molar-refractivity contribution in [3.8, 4) is 0 Å². The summed E-state index contributed by atoms with van der Waals surface area (Å²) in [6, 6.07) is 0. The van der Waals surface area contributed by atoms with Gasteiger partial charge in [-0.05, 0) is 6.92 Å². The van der Waals surface area contributed by atoms with Crippen LogP contribution in [0.2, 0.25) is 0 Å². The van der Waals surface area contributed by atoms with Gasteiger partial charge in [0.25, 0.3) is 0 Å². The average Bonchev–Trinajstić information content (AvgIpc) is 2.52. The van der Waals surface area contributed by atoms with Crippen LogP contribution in [0.15, 0.2) is 4.99 Å². The number of amides is 2. The van der Waals surface area contributed by atoms with Crippen LogP contribution < -0.4 is 10.6 Å². The Morgan fingerprint density at radius 3 is 2.32 bits per heavy atom. The lowest BCUT2D eigenvalue weighted by Gasteiger charge is -2.36. The fraction of sp³-hybridized carbons (Fsp3) is 0.786. The van der Waals surface area contributed by atoms with Crippen molar-refractivity contribution in [3.05, 3.63) is 0 Å². The summed E-state index contributed by atoms with van der Waals surface area (Å²) in [5, 5.41) is 5.92. The molecule has 2 N–H and O–H groups in total. The number of hydrogen-bond acceptors (Lipinski definition) is 4. The lowest BCUT2D eigenvalue weighted by Crippen LogP contribution is -2.53. The van der Waals surface area contributed by atoms with E-state index in [4.69, 9.17) is 4.74 Å². The molecule has 1 aliphatic heterocycles. The monoisotopic (exact) mass is 313 g/mol. The zero-order valence-electron chi connectivity index (χ0n) is 13.7. The highest BCUT2D eigenvalue weighted by molar-refractivity contribution is 5.85. The van der Waals surface area contributed by atoms with Gasteiger partial charge in [0.05, 0.1) is 6.61 Å². The third kappa shape index (κ3) is 6.30. The van der Waals surface area contributed by atoms with Crippen LogP contribution in [0.5, 0.6) is 0 Å². The Kier molecular flexibility index (Phi) is 8.27. The Morgan fingerprint density at radius 1 is 1.14 bits per heavy atom. The molecule has 0 aliphatic carbocycles. The molecule has 1 rings (SSSR count). The van der Waals surface area contributed by atoms with Crippen LogP contribution in [-0.4, -0.2) is 87.1 Å². The highest BCUT2D eigenvalue weighted by Gasteiger charge is 2.20. The van der Waals surface area contributed by atoms with Crippen LogP contribution in [-0.2, 0) is 14.3 Å². The predicted molar refractivity (Wildman–Crippen MR) is 84.7 cm³/mol. The first-order valence-corrected chi connectivity index (χ1v) is 7.62. The predicted octanol–water partition coefficient (Wildman–Crippen LogP) is -1.12. The van der Waals surface area contributed by atoms with Crippen LogP contribution in [0.4, 0.5) is 0 Å². The van der Waals surface area contributed by atoms with Gasteiger partial charge in [-0.2, -0.15) is 0 Å². The Morgan fingerprint density at radius 2 is 1.77 bits per heavy atom. The van der Waals surface area contributed by atoms with Crippen molar-refractivity contribution in [2.45, 2.75) is 13.8 Å². The summed E-state index contributed by atoms with van der Waals surface area (Å²) in [7, 11) is 1.59. The molecule has 126 valence electrons. The van der Waals surface area contributed by atoms with E-state index in [1.807, 2.05) is 11.8 Å². The van der Waals surface area contributed by atoms with Gasteiger partial charge in [0.2, 0.25) is 11.8 Å². The van der Waals surface area contributed by atoms with Gasteiger partial charge < -0.3 is 25.2 Å². The van der Waals surface area contributed by atoms with Gasteiger partial charge in [-0.15, -0.1) is 0 Å². The minimum Gasteiger partial charge on any atom is -0.383 e. The van der Waals surface area contributed by atoms with Crippen molar-refractivity contribution in [1.29, 1.82) is 0 Å². The summed E-state index contributed by atoms with van der Waals surface area (Å²) in [6.07, 6.45) is 0. The van der Waals surface area contributed by atoms with E-state index in [1.54, 1.807) is 14.0 Å². The van der Waals surface area contributed by atoms with Crippen molar-refractivity contribution in [3.63, 3.8) is 0 Å². The zero-order valence-corrected chi connectivity index (χ0v) is 13.7. The molecule has 0 saturated carbocycles. The molecule has 8 nitrogen and oxygen atoms in total. The van der Waals surface area contributed by atoms with E-state index >= 15 is 0 Å². The zero-order chi connectivity index (χ0) is 16.4. The van der Waals surface area contributed by atoms with E-state index in [0.717, 1.165) is 19.6 Å². The number of ether oxygens (including phenoxy) is 1. The van der Waals surface area contributed by atoms with Gasteiger partial charge in [0, 0.05) is 53.3 Å². The van der Waals surface area contributed by atoms with Crippen LogP contribution in [0.3, 0.4) is 0 Å². The van der Waals surface area contributed by atoms with E-state index in [-0.39, 0.29) is 18.4 Å². The molecule has 0 radical (unpaired) electrons. The highest BCUT2D eigenvalue weighted by Crippen LogP contribution is 2.02. The number of nitrogens with zero attached hydrogens (tertiary/aromatic N) is 3. The summed E-state index contributed by atoms with van der Waals surface area (Å²) in [5.74, 6) is 0.682. The number of guanidine groups is 1. The van der Waals surface area contributed by atoms with Crippen LogP contribution in [0.25, 0.3) is 0 Å². The van der Waals surface area contributed by atoms with Crippen molar-refractivity contribution >= 4 is 17.8 Å². The molecule has 2 amide bonds. The Labute approximate surface area is 131 Å². The van der Waals surface area contributed by atoms with Crippen LogP contribution >= 0.6 is 0 Å². The molecule has 1 aliphatic rings. The average molecular weight is 313 g/mol. The molecule has 0 bridgehead atoms. The maximum absolute atomic E-state index is 11.7. The molecule has 8 heteroatoms. The molecule has 0 aromatic rings. The Bertz CT molecular complexity index is 392. The van der Waals surface area contributed by atoms with Gasteiger partial charge in [-0.1, -0.05) is 0 Å². The summed E-state index contributed by atoms with van der Waals surface area (Å²) < 4.78 is 4.88. The highest BCUT2D eigenvalue weighted by atomic mass is 16.5. The van der Waals surface area contributed by atoms with Crippen LogP contribution in [0, 0.1) is 0 Å². The van der Waals surface area contributed by atoms with E-state index in [2.05, 4.69) is 20.5 Å². The number of carbonyl (C=O) groups excluding carboxylic acids is 2. The van der Waals surface area contributed by atoms with Gasteiger partial charge in [0.1, 0.15) is 6.54 Å². The minimum absolute atomic E-state index is 0.0823. The molecule has 1 heterocycles. The number of carbonyl (C=O) groups is 2. The van der Waals surface area contributed by atoms with E-state index < -0.39 is 0 Å². The summed E-state index contributed by atoms with van der Waals surface area (Å²) in [5.41, 5.74) is 0. The molecular weight excluding hydrogens is 286 g/mol. The molecule has 0 atom stereocenters. The SMILES string of the molecule is CCNC(=NCC(=O)NCCOC)N1CCN(C(C)=O)CC1. The first-order chi connectivity index (χ1) is 10.6. The number of rotatable bonds is 6. The minimum atomic E-state index is -0.130. The number of aliphatic imine (C=N–C) groups is 1. The maximum Gasteiger partial charge on any atom is 0.241 e. The quantitative estimate of drug-likeness (QED) is 0.368. The Hall–Kier alpha value is -1.83. The van der Waals surface area contributed by atoms with Crippen molar-refractivity contribution in [2.24, 2.45) is 4.99 Å². The Balaban J connectivity index is 2.48. The number of piperazine rings is 1. The second kappa shape index (κ2) is 9.99. The maximum atomic E-state index is 11.7. The fourth-order valence-corrected chi connectivity index (χ4v) is 2.15. The van der Waals surface area contributed by atoms with Gasteiger partial charge >= 0.3 is 0 Å². The van der Waals surface area contributed by atoms with E-state index in [9.17, 15) is 9.59 Å². The van der Waals surface area contributed by atoms with Crippen molar-refractivity contribution in [2.75, 3.05) is 59.5 Å². The van der Waals surface area contributed by atoms with Gasteiger partial charge in [-0.25, -0.2) is 4.99 Å². The third-order valence-electron chi connectivity index (χ3n) is 3.36. The standard InChI is InChI=1S/C14H27N5O3/c1-4-15-14(17-11-13(21)16-5-10-22-3)19-8-6-18(7-9-19)12(2)20/h4-11H2,1-3H3,(H,15,17)(H,16,21). The third-order valence-corrected chi connectivity index (χ3v) is 3.36. The molecular formula is C14H27N5O3. The molecule has 1 saturated heterocycles. The summed E-state index contributed by atoms with van der Waals surface area (Å²) in [6.45, 7) is 8.16. The lowest BCUT2D eigenvalue weighted by molar-refractivity contribution is -0.130. The second-order valence-corrected chi connectivity index (χ2v) is 5.01. The number of nitrogens with one attached hydrogen (secondary N) is 2. The number of methoxy groups -OCH3 is 1. The fourth-order valence-electron chi connectivity index (χ4n) is 2.15. The first-order valence-electron chi connectivity index (χ1n) is 7.62. The normalized spacial score (nSPS) is 15.7. The number of hydrogen-bond donors (Lipinski definition) is 2. The molecule has 0 aromatic heterocycles. The van der Waals surface area contributed by atoms with Gasteiger partial charge in [-0.3, -0.25) is 9.59 Å². The van der Waals surface area contributed by atoms with Crippen LogP contribution in [0.1, 0.15) is 13.8 Å². The van der Waals surface area contributed by atoms with E-state index in [0.29, 0.717) is 32.2 Å². The first kappa shape index (κ1) is 18.2. The largest absolute Gasteiger partial charge is 0.383 e. The molecule has 1 fully saturated rings. The van der Waals surface area contributed by atoms with Crippen molar-refractivity contribution in [1.82, 2.24) is 20.4 Å².